The molecular weight excluding hydrogens is 440 g/mol. The predicted molar refractivity (Wildman–Crippen MR) is 128 cm³/mol. The molecule has 2 fully saturated rings. The maximum Gasteiger partial charge on any atom is 0.245 e. The lowest BCUT2D eigenvalue weighted by atomic mass is 9.72. The Morgan fingerprint density at radius 2 is 1.79 bits per heavy atom. The number of halogens is 1. The first-order chi connectivity index (χ1) is 15.6. The third-order valence-electron chi connectivity index (χ3n) is 6.78. The van der Waals surface area contributed by atoms with E-state index in [-0.39, 0.29) is 18.2 Å². The molecule has 170 valence electrons. The van der Waals surface area contributed by atoms with Gasteiger partial charge in [0.2, 0.25) is 5.95 Å². The van der Waals surface area contributed by atoms with E-state index in [0.29, 0.717) is 22.6 Å². The van der Waals surface area contributed by atoms with E-state index in [2.05, 4.69) is 42.0 Å². The molecule has 0 unspecified atom stereocenters. The number of imidazole rings is 1. The van der Waals surface area contributed by atoms with Gasteiger partial charge in [-0.3, -0.25) is 4.98 Å². The minimum atomic E-state index is 0. The lowest BCUT2D eigenvalue weighted by Crippen LogP contribution is -2.60. The number of fused-ring (bicyclic) bond motifs is 1. The van der Waals surface area contributed by atoms with Crippen molar-refractivity contribution in [2.45, 2.75) is 12.8 Å². The van der Waals surface area contributed by atoms with Crippen molar-refractivity contribution in [3.63, 3.8) is 0 Å². The summed E-state index contributed by atoms with van der Waals surface area (Å²) in [6.45, 7) is 4.31. The largest absolute Gasteiger partial charge is 0.507 e. The molecule has 9 nitrogen and oxygen atoms in total. The van der Waals surface area contributed by atoms with Crippen LogP contribution >= 0.6 is 12.4 Å². The summed E-state index contributed by atoms with van der Waals surface area (Å²) < 4.78 is 1.90. The Morgan fingerprint density at radius 1 is 0.970 bits per heavy atom. The van der Waals surface area contributed by atoms with Gasteiger partial charge in [0.05, 0.1) is 18.1 Å². The molecule has 1 spiro atoms. The third-order valence-corrected chi connectivity index (χ3v) is 6.78. The average molecular weight is 465 g/mol. The first-order valence-electron chi connectivity index (χ1n) is 10.8. The standard InChI is InChI=1S/C23H24N8O.ClH/c1-29-7-4-23(5-8-29)14-31(15-23)22-26-11-18(27-28-22)17-3-2-16(10-20(17)32)19-13-30-9-6-24-21(30)12-25-19;/h2-3,6,9-13,32H,4-5,7-8,14-15H2,1H3;1H. The summed E-state index contributed by atoms with van der Waals surface area (Å²) in [4.78, 5) is 17.8. The molecule has 6 rings (SSSR count). The van der Waals surface area contributed by atoms with Gasteiger partial charge in [0.25, 0.3) is 0 Å². The summed E-state index contributed by atoms with van der Waals surface area (Å²) in [5.74, 6) is 0.778. The van der Waals surface area contributed by atoms with Crippen LogP contribution in [0.4, 0.5) is 5.95 Å². The fraction of sp³-hybridized carbons (Fsp3) is 0.348. The van der Waals surface area contributed by atoms with Gasteiger partial charge in [0.1, 0.15) is 11.4 Å². The zero-order chi connectivity index (χ0) is 21.7. The molecule has 2 aliphatic heterocycles. The second kappa shape index (κ2) is 8.24. The van der Waals surface area contributed by atoms with Crippen molar-refractivity contribution in [2.75, 3.05) is 38.1 Å². The molecule has 33 heavy (non-hydrogen) atoms. The van der Waals surface area contributed by atoms with Gasteiger partial charge < -0.3 is 19.3 Å². The minimum Gasteiger partial charge on any atom is -0.507 e. The van der Waals surface area contributed by atoms with Crippen molar-refractivity contribution in [3.8, 4) is 28.3 Å². The molecule has 0 atom stereocenters. The van der Waals surface area contributed by atoms with E-state index in [4.69, 9.17) is 0 Å². The first-order valence-corrected chi connectivity index (χ1v) is 10.8. The number of phenols is 1. The molecule has 2 saturated heterocycles. The van der Waals surface area contributed by atoms with Crippen LogP contribution in [0.5, 0.6) is 5.75 Å². The topological polar surface area (TPSA) is 95.6 Å². The van der Waals surface area contributed by atoms with Gasteiger partial charge in [-0.2, -0.15) is 0 Å². The fourth-order valence-corrected chi connectivity index (χ4v) is 4.73. The van der Waals surface area contributed by atoms with Gasteiger partial charge in [-0.15, -0.1) is 22.6 Å². The van der Waals surface area contributed by atoms with E-state index in [9.17, 15) is 5.11 Å². The Morgan fingerprint density at radius 3 is 2.52 bits per heavy atom. The SMILES string of the molecule is CN1CCC2(CC1)CN(c1ncc(-c3ccc(-c4cn5ccnc5cn4)cc3O)nn1)C2.Cl. The molecular formula is C23H25ClN8O. The van der Waals surface area contributed by atoms with Crippen LogP contribution in [0.3, 0.4) is 0 Å². The van der Waals surface area contributed by atoms with Crippen LogP contribution in [0, 0.1) is 5.41 Å². The number of aromatic hydroxyl groups is 1. The van der Waals surface area contributed by atoms with E-state index >= 15 is 0 Å². The van der Waals surface area contributed by atoms with Crippen molar-refractivity contribution >= 4 is 24.0 Å². The van der Waals surface area contributed by atoms with E-state index < -0.39 is 0 Å². The fourth-order valence-electron chi connectivity index (χ4n) is 4.73. The maximum absolute atomic E-state index is 10.6. The van der Waals surface area contributed by atoms with Crippen LogP contribution in [0.15, 0.2) is 49.2 Å². The van der Waals surface area contributed by atoms with Crippen LogP contribution in [0.2, 0.25) is 0 Å². The van der Waals surface area contributed by atoms with Crippen molar-refractivity contribution in [3.05, 3.63) is 49.2 Å². The summed E-state index contributed by atoms with van der Waals surface area (Å²) in [5.41, 5.74) is 3.89. The highest BCUT2D eigenvalue weighted by Gasteiger charge is 2.45. The highest BCUT2D eigenvalue weighted by molar-refractivity contribution is 5.85. The van der Waals surface area contributed by atoms with Crippen LogP contribution in [-0.2, 0) is 0 Å². The molecule has 0 radical (unpaired) electrons. The monoisotopic (exact) mass is 464 g/mol. The molecule has 1 N–H and O–H groups in total. The smallest absolute Gasteiger partial charge is 0.245 e. The first kappa shape index (κ1) is 21.5. The van der Waals surface area contributed by atoms with Crippen molar-refractivity contribution < 1.29 is 5.11 Å². The molecule has 4 aromatic rings. The maximum atomic E-state index is 10.6. The van der Waals surface area contributed by atoms with Gasteiger partial charge >= 0.3 is 0 Å². The zero-order valence-electron chi connectivity index (χ0n) is 18.3. The normalized spacial score (nSPS) is 17.7. The molecule has 0 amide bonds. The second-order valence-electron chi connectivity index (χ2n) is 9.00. The summed E-state index contributed by atoms with van der Waals surface area (Å²) in [5, 5.41) is 19.3. The van der Waals surface area contributed by atoms with E-state index in [1.54, 1.807) is 24.7 Å². The predicted octanol–water partition coefficient (Wildman–Crippen LogP) is 2.91. The number of rotatable bonds is 3. The Balaban J connectivity index is 0.00000228. The molecule has 3 aromatic heterocycles. The van der Waals surface area contributed by atoms with Crippen molar-refractivity contribution in [1.29, 1.82) is 0 Å². The quantitative estimate of drug-likeness (QED) is 0.494. The van der Waals surface area contributed by atoms with Crippen LogP contribution < -0.4 is 4.90 Å². The molecule has 0 bridgehead atoms. The van der Waals surface area contributed by atoms with Crippen molar-refractivity contribution in [2.24, 2.45) is 5.41 Å². The van der Waals surface area contributed by atoms with E-state index in [1.165, 1.54) is 12.8 Å². The zero-order valence-corrected chi connectivity index (χ0v) is 19.1. The number of aromatic nitrogens is 6. The van der Waals surface area contributed by atoms with Gasteiger partial charge in [0.15, 0.2) is 5.65 Å². The Labute approximate surface area is 197 Å². The molecule has 0 aliphatic carbocycles. The lowest BCUT2D eigenvalue weighted by molar-refractivity contribution is 0.0893. The van der Waals surface area contributed by atoms with Crippen LogP contribution in [0.1, 0.15) is 12.8 Å². The average Bonchev–Trinajstić information content (AvgIpc) is 3.26. The van der Waals surface area contributed by atoms with Crippen LogP contribution in [0.25, 0.3) is 28.2 Å². The summed E-state index contributed by atoms with van der Waals surface area (Å²) in [7, 11) is 2.19. The van der Waals surface area contributed by atoms with Gasteiger partial charge in [-0.25, -0.2) is 9.97 Å². The minimum absolute atomic E-state index is 0. The number of likely N-dealkylation sites (tertiary alicyclic amines) is 1. The Kier molecular flexibility index (Phi) is 5.38. The summed E-state index contributed by atoms with van der Waals surface area (Å²) >= 11 is 0. The highest BCUT2D eigenvalue weighted by Crippen LogP contribution is 2.41. The Hall–Kier alpha value is -3.30. The summed E-state index contributed by atoms with van der Waals surface area (Å²) in [6.07, 6.45) is 11.3. The Bertz CT molecular complexity index is 1280. The lowest BCUT2D eigenvalue weighted by Gasteiger charge is -2.53. The third kappa shape index (κ3) is 3.87. The molecule has 0 saturated carbocycles. The molecule has 5 heterocycles. The van der Waals surface area contributed by atoms with Gasteiger partial charge in [-0.1, -0.05) is 6.07 Å². The number of benzene rings is 1. The number of piperidine rings is 1. The molecule has 1 aromatic carbocycles. The number of anilines is 1. The molecule has 2 aliphatic rings. The summed E-state index contributed by atoms with van der Waals surface area (Å²) in [6, 6.07) is 5.43. The second-order valence-corrected chi connectivity index (χ2v) is 9.00. The van der Waals surface area contributed by atoms with Gasteiger partial charge in [-0.05, 0) is 45.1 Å². The van der Waals surface area contributed by atoms with Gasteiger partial charge in [0, 0.05) is 48.2 Å². The van der Waals surface area contributed by atoms with E-state index in [1.807, 2.05) is 28.9 Å². The number of hydrogen-bond acceptors (Lipinski definition) is 8. The van der Waals surface area contributed by atoms with Crippen LogP contribution in [-0.4, -0.2) is 72.8 Å². The van der Waals surface area contributed by atoms with Crippen molar-refractivity contribution in [1.82, 2.24) is 34.4 Å². The number of nitrogens with zero attached hydrogens (tertiary/aromatic N) is 8. The number of phenolic OH excluding ortho intramolecular Hbond substituents is 1. The number of hydrogen-bond donors (Lipinski definition) is 1. The molecule has 10 heteroatoms. The highest BCUT2D eigenvalue weighted by atomic mass is 35.5. The van der Waals surface area contributed by atoms with E-state index in [0.717, 1.165) is 43.1 Å².